The topological polar surface area (TPSA) is 75.5 Å². The van der Waals surface area contributed by atoms with E-state index in [1.807, 2.05) is 18.2 Å². The number of para-hydroxylation sites is 5. The van der Waals surface area contributed by atoms with Gasteiger partial charge < -0.3 is 18.1 Å². The third-order valence-electron chi connectivity index (χ3n) is 16.5. The zero-order valence-corrected chi connectivity index (χ0v) is 40.9. The van der Waals surface area contributed by atoms with E-state index in [0.717, 1.165) is 115 Å². The van der Waals surface area contributed by atoms with E-state index >= 15 is 0 Å². The van der Waals surface area contributed by atoms with Crippen LogP contribution in [-0.2, 0) is 5.41 Å². The molecule has 0 amide bonds. The summed E-state index contributed by atoms with van der Waals surface area (Å²) < 4.78 is 13.4. The summed E-state index contributed by atoms with van der Waals surface area (Å²) in [6.07, 6.45) is 0. The molecule has 75 heavy (non-hydrogen) atoms. The molecular formula is C69H41N5O. The van der Waals surface area contributed by atoms with Crippen LogP contribution in [0.15, 0.2) is 217 Å². The number of aromatic nitrogens is 3. The van der Waals surface area contributed by atoms with Crippen molar-refractivity contribution in [1.29, 1.82) is 10.5 Å². The second-order valence-electron chi connectivity index (χ2n) is 20.5. The predicted molar refractivity (Wildman–Crippen MR) is 307 cm³/mol. The number of hydrogen-bond acceptors (Lipinski definition) is 3. The average Bonchev–Trinajstić information content (AvgIpc) is 4.24. The minimum Gasteiger partial charge on any atom is -0.456 e. The van der Waals surface area contributed by atoms with Gasteiger partial charge in [0.15, 0.2) is 0 Å². The van der Waals surface area contributed by atoms with Gasteiger partial charge >= 0.3 is 0 Å². The number of nitriles is 2. The second-order valence-corrected chi connectivity index (χ2v) is 20.5. The highest BCUT2D eigenvalue weighted by molar-refractivity contribution is 6.29. The molecule has 4 aromatic heterocycles. The Bertz CT molecular complexity index is 4880. The Labute approximate surface area is 430 Å². The molecule has 0 bridgehead atoms. The summed E-state index contributed by atoms with van der Waals surface area (Å²) in [5.74, 6) is 0. The zero-order valence-electron chi connectivity index (χ0n) is 40.9. The van der Waals surface area contributed by atoms with Crippen LogP contribution < -0.4 is 0 Å². The summed E-state index contributed by atoms with van der Waals surface area (Å²) in [7, 11) is 0. The summed E-state index contributed by atoms with van der Waals surface area (Å²) in [5, 5.41) is 35.4. The molecule has 348 valence electrons. The van der Waals surface area contributed by atoms with Gasteiger partial charge in [0, 0.05) is 54.1 Å². The number of nitrogens with zero attached hydrogens (tertiary/aromatic N) is 5. The number of hydrogen-bond donors (Lipinski definition) is 0. The van der Waals surface area contributed by atoms with Crippen LogP contribution in [0.3, 0.4) is 0 Å². The summed E-state index contributed by atoms with van der Waals surface area (Å²) in [6.45, 7) is 4.60. The molecule has 0 unspecified atom stereocenters. The van der Waals surface area contributed by atoms with Crippen LogP contribution in [0, 0.1) is 22.7 Å². The van der Waals surface area contributed by atoms with Gasteiger partial charge in [0.05, 0.1) is 50.2 Å². The normalized spacial score (nSPS) is 13.0. The molecule has 0 fully saturated rings. The van der Waals surface area contributed by atoms with Crippen LogP contribution in [0.5, 0.6) is 0 Å². The van der Waals surface area contributed by atoms with Crippen molar-refractivity contribution in [2.45, 2.75) is 19.3 Å². The fourth-order valence-electron chi connectivity index (χ4n) is 13.3. The minimum absolute atomic E-state index is 0.248. The van der Waals surface area contributed by atoms with Gasteiger partial charge in [-0.15, -0.1) is 0 Å². The van der Waals surface area contributed by atoms with Crippen molar-refractivity contribution >= 4 is 98.1 Å². The van der Waals surface area contributed by atoms with Crippen LogP contribution >= 0.6 is 0 Å². The van der Waals surface area contributed by atoms with E-state index in [1.165, 1.54) is 16.7 Å². The first kappa shape index (κ1) is 41.5. The standard InChI is InChI=1S/C69H41N5O/c1-69(2)53-25-11-5-19-43(53)49-36-42(31-32-54(49)69)63-67(72-55-26-12-6-20-44(55)45-21-7-13-27-56(45)72)51(38-70)66(52(39-71)68(63)73-57-28-14-8-22-46(57)47-23-9-15-29-58(47)73)74-59-33-34-62-65(48-24-10-16-30-61(48)75-62)64(59)50-35-40-17-3-4-18-41(40)37-60(50)74/h3-37H,1-2H3. The Balaban J connectivity index is 1.20. The van der Waals surface area contributed by atoms with E-state index in [0.29, 0.717) is 28.2 Å². The van der Waals surface area contributed by atoms with Crippen molar-refractivity contribution in [3.8, 4) is 51.5 Å². The number of fused-ring (bicyclic) bond motifs is 17. The highest BCUT2D eigenvalue weighted by atomic mass is 16.3. The Morgan fingerprint density at radius 2 is 0.867 bits per heavy atom. The van der Waals surface area contributed by atoms with Crippen molar-refractivity contribution in [1.82, 2.24) is 13.7 Å². The Morgan fingerprint density at radius 3 is 1.47 bits per heavy atom. The molecule has 0 spiro atoms. The molecule has 16 rings (SSSR count). The van der Waals surface area contributed by atoms with Gasteiger partial charge in [0.2, 0.25) is 0 Å². The molecule has 6 nitrogen and oxygen atoms in total. The molecule has 15 aromatic rings. The first-order chi connectivity index (χ1) is 36.9. The maximum atomic E-state index is 12.5. The Kier molecular flexibility index (Phi) is 8.27. The molecule has 0 saturated carbocycles. The Morgan fingerprint density at radius 1 is 0.373 bits per heavy atom. The van der Waals surface area contributed by atoms with E-state index < -0.39 is 0 Å². The highest BCUT2D eigenvalue weighted by Crippen LogP contribution is 2.54. The van der Waals surface area contributed by atoms with Gasteiger partial charge in [-0.05, 0) is 99.3 Å². The fraction of sp³-hybridized carbons (Fsp3) is 0.0435. The zero-order chi connectivity index (χ0) is 49.8. The van der Waals surface area contributed by atoms with Crippen LogP contribution in [0.2, 0.25) is 0 Å². The lowest BCUT2D eigenvalue weighted by molar-refractivity contribution is 0.660. The summed E-state index contributed by atoms with van der Waals surface area (Å²) in [6, 6.07) is 80.6. The van der Waals surface area contributed by atoms with Crippen molar-refractivity contribution in [3.63, 3.8) is 0 Å². The molecule has 0 N–H and O–H groups in total. The molecule has 4 heterocycles. The van der Waals surface area contributed by atoms with Gasteiger partial charge in [0.25, 0.3) is 0 Å². The van der Waals surface area contributed by atoms with Crippen molar-refractivity contribution in [2.75, 3.05) is 0 Å². The lowest BCUT2D eigenvalue weighted by Gasteiger charge is -2.27. The van der Waals surface area contributed by atoms with E-state index in [9.17, 15) is 10.5 Å². The summed E-state index contributed by atoms with van der Waals surface area (Å²) in [4.78, 5) is 0. The molecule has 6 heteroatoms. The maximum absolute atomic E-state index is 12.5. The minimum atomic E-state index is -0.248. The van der Waals surface area contributed by atoms with Crippen molar-refractivity contribution in [2.24, 2.45) is 0 Å². The van der Waals surface area contributed by atoms with Crippen LogP contribution in [0.25, 0.3) is 137 Å². The molecule has 0 aliphatic heterocycles. The van der Waals surface area contributed by atoms with Crippen molar-refractivity contribution in [3.05, 3.63) is 235 Å². The Hall–Kier alpha value is -10.1. The first-order valence-electron chi connectivity index (χ1n) is 25.5. The molecule has 0 radical (unpaired) electrons. The summed E-state index contributed by atoms with van der Waals surface area (Å²) >= 11 is 0. The van der Waals surface area contributed by atoms with Gasteiger partial charge in [-0.25, -0.2) is 0 Å². The highest BCUT2D eigenvalue weighted by Gasteiger charge is 2.38. The second kappa shape index (κ2) is 15.0. The van der Waals surface area contributed by atoms with Crippen LogP contribution in [0.1, 0.15) is 36.1 Å². The van der Waals surface area contributed by atoms with Gasteiger partial charge in [-0.2, -0.15) is 10.5 Å². The molecule has 11 aromatic carbocycles. The average molecular weight is 956 g/mol. The predicted octanol–water partition coefficient (Wildman–Crippen LogP) is 17.7. The molecular weight excluding hydrogens is 915 g/mol. The fourth-order valence-corrected chi connectivity index (χ4v) is 13.3. The maximum Gasteiger partial charge on any atom is 0.136 e. The van der Waals surface area contributed by atoms with Crippen molar-refractivity contribution < 1.29 is 4.42 Å². The number of rotatable bonds is 4. The first-order valence-corrected chi connectivity index (χ1v) is 25.5. The van der Waals surface area contributed by atoms with E-state index in [-0.39, 0.29) is 5.41 Å². The smallest absolute Gasteiger partial charge is 0.136 e. The molecule has 1 aliphatic carbocycles. The largest absolute Gasteiger partial charge is 0.456 e. The third-order valence-corrected chi connectivity index (χ3v) is 16.5. The lowest BCUT2D eigenvalue weighted by atomic mass is 9.82. The quantitative estimate of drug-likeness (QED) is 0.176. The molecule has 0 saturated heterocycles. The number of furan rings is 1. The van der Waals surface area contributed by atoms with E-state index in [4.69, 9.17) is 4.42 Å². The molecule has 1 aliphatic rings. The lowest BCUT2D eigenvalue weighted by Crippen LogP contribution is -2.15. The van der Waals surface area contributed by atoms with Crippen LogP contribution in [-0.4, -0.2) is 13.7 Å². The van der Waals surface area contributed by atoms with E-state index in [1.54, 1.807) is 0 Å². The van der Waals surface area contributed by atoms with Gasteiger partial charge in [0.1, 0.15) is 34.4 Å². The molecule has 0 atom stereocenters. The third kappa shape index (κ3) is 5.39. The van der Waals surface area contributed by atoms with E-state index in [2.05, 4.69) is 234 Å². The van der Waals surface area contributed by atoms with Gasteiger partial charge in [-0.3, -0.25) is 0 Å². The SMILES string of the molecule is CC1(C)c2ccccc2-c2cc(-c3c(-n4c5ccccc5c5ccccc54)c(C#N)c(-n4c5cc6ccccc6cc5c5c6c(ccc54)oc4ccccc46)c(C#N)c3-n3c4ccccc4c4ccccc43)ccc21. The monoisotopic (exact) mass is 955 g/mol. The van der Waals surface area contributed by atoms with Crippen LogP contribution in [0.4, 0.5) is 0 Å². The number of benzene rings is 11. The van der Waals surface area contributed by atoms with Gasteiger partial charge in [-0.1, -0.05) is 166 Å². The summed E-state index contributed by atoms with van der Waals surface area (Å²) in [5.41, 5.74) is 16.0.